The Morgan fingerprint density at radius 1 is 0.527 bits per heavy atom. The molecule has 0 fully saturated rings. The summed E-state index contributed by atoms with van der Waals surface area (Å²) in [5.74, 6) is 2.42. The van der Waals surface area contributed by atoms with E-state index in [0.717, 1.165) is 86.0 Å². The smallest absolute Gasteiger partial charge is 0.303 e. The van der Waals surface area contributed by atoms with E-state index in [1.807, 2.05) is 101 Å². The van der Waals surface area contributed by atoms with Crippen molar-refractivity contribution in [3.8, 4) is 23.0 Å². The van der Waals surface area contributed by atoms with Crippen LogP contribution in [0.5, 0.6) is 23.0 Å². The number of hydrogen-bond donors (Lipinski definition) is 6. The quantitative estimate of drug-likeness (QED) is 0.0244. The van der Waals surface area contributed by atoms with Crippen molar-refractivity contribution in [2.45, 2.75) is 111 Å². The number of halogens is 4. The van der Waals surface area contributed by atoms with Crippen molar-refractivity contribution in [3.63, 3.8) is 0 Å². The van der Waals surface area contributed by atoms with Crippen molar-refractivity contribution in [1.29, 1.82) is 0 Å². The molecule has 0 atom stereocenters. The zero-order chi connectivity index (χ0) is 65.8. The molecule has 0 bridgehead atoms. The number of aryl methyl sites for hydroxylation is 4. The molecule has 0 aliphatic carbocycles. The van der Waals surface area contributed by atoms with Crippen molar-refractivity contribution in [2.75, 3.05) is 65.2 Å². The number of phenolic OH excluding ortho intramolecular Hbond substituents is 4. The van der Waals surface area contributed by atoms with Crippen molar-refractivity contribution in [1.82, 2.24) is 28.9 Å². The number of nitrogens with zero attached hydrogens (tertiary/aromatic N) is 8. The van der Waals surface area contributed by atoms with E-state index in [2.05, 4.69) is 37.5 Å². The van der Waals surface area contributed by atoms with E-state index in [1.165, 1.54) is 12.1 Å². The summed E-state index contributed by atoms with van der Waals surface area (Å²) >= 11 is 23.7. The lowest BCUT2D eigenvalue weighted by Crippen LogP contribution is -2.27. The minimum absolute atomic E-state index is 0.00353. The molecule has 8 aromatic rings. The number of carboxylic acid groups (broad SMARTS) is 1. The minimum atomic E-state index is -0.774. The Balaban J connectivity index is 0.000000194. The summed E-state index contributed by atoms with van der Waals surface area (Å²) in [6, 6.07) is 29.5. The number of amides is 2. The fourth-order valence-electron chi connectivity index (χ4n) is 11.7. The third-order valence-corrected chi connectivity index (χ3v) is 17.3. The first-order valence-electron chi connectivity index (χ1n) is 30.6. The van der Waals surface area contributed by atoms with Crippen LogP contribution < -0.4 is 15.5 Å². The summed E-state index contributed by atoms with van der Waals surface area (Å²) in [5.41, 5.74) is 19.2. The number of carbonyl (C=O) groups excluding carboxylic acids is 3. The number of hydrogen-bond acceptors (Lipinski definition) is 13. The van der Waals surface area contributed by atoms with Crippen molar-refractivity contribution in [3.05, 3.63) is 159 Å². The number of fused-ring (bicyclic) bond motifs is 4. The monoisotopic (exact) mass is 1320 g/mol. The van der Waals surface area contributed by atoms with Crippen LogP contribution in [0.1, 0.15) is 137 Å². The number of aromatic nitrogens is 4. The lowest BCUT2D eigenvalue weighted by atomic mass is 9.98. The van der Waals surface area contributed by atoms with Gasteiger partial charge in [-0.3, -0.25) is 19.2 Å². The van der Waals surface area contributed by atoms with Crippen LogP contribution in [0.25, 0.3) is 22.1 Å². The summed E-state index contributed by atoms with van der Waals surface area (Å²) in [6.45, 7) is 12.4. The van der Waals surface area contributed by atoms with Crippen LogP contribution in [0.4, 0.5) is 17.1 Å². The highest BCUT2D eigenvalue weighted by Crippen LogP contribution is 2.37. The Labute approximate surface area is 551 Å². The number of carboxylic acids is 1. The molecule has 10 rings (SSSR count). The Hall–Kier alpha value is -7.90. The molecule has 2 aromatic heterocycles. The summed E-state index contributed by atoms with van der Waals surface area (Å²) in [5, 5.41) is 49.3. The first-order valence-corrected chi connectivity index (χ1v) is 32.7. The molecule has 7 N–H and O–H groups in total. The molecular formula is C69H81Cl4N9O9. The minimum Gasteiger partial charge on any atom is -0.508 e. The summed E-state index contributed by atoms with van der Waals surface area (Å²) < 4.78 is 4.11. The van der Waals surface area contributed by atoms with Gasteiger partial charge in [0.1, 0.15) is 40.4 Å². The second kappa shape index (κ2) is 31.4. The average Bonchev–Trinajstić information content (AvgIpc) is 1.78. The number of phenols is 4. The Morgan fingerprint density at radius 2 is 0.945 bits per heavy atom. The number of anilines is 3. The molecule has 0 radical (unpaired) electrons. The number of aliphatic carboxylic acids is 1. The number of carbonyl (C=O) groups is 4. The maximum atomic E-state index is 13.3. The number of Topliss-reactive ketones (excluding diaryl/α,β-unsaturated/α-hetero) is 1. The third-order valence-electron chi connectivity index (χ3n) is 16.6. The third kappa shape index (κ3) is 17.0. The Bertz CT molecular complexity index is 3910. The molecule has 0 saturated carbocycles. The molecule has 2 amide bonds. The molecule has 4 heterocycles. The fourth-order valence-corrected chi connectivity index (χ4v) is 12.5. The SMILES string of the molecule is CC(C)c1cc(C(=O)N2Cc3ccc(CC(=O)CCCc4nc5cc(N(CCCl)CCCl)ccc5n4C)cc3C2)c(O)cc1O.CC(C)c1cc(C(=O)N2Cc3ccc(N)cc3C2)c(O)cc1O.Cn1c(CCCC(=O)O)nc2cc(N(CCCl)CCCl)ccc21. The van der Waals surface area contributed by atoms with Crippen LogP contribution in [0.15, 0.2) is 97.1 Å². The molecule has 0 unspecified atom stereocenters. The van der Waals surface area contributed by atoms with Gasteiger partial charge in [-0.15, -0.1) is 46.4 Å². The van der Waals surface area contributed by atoms with Crippen LogP contribution in [0, 0.1) is 0 Å². The van der Waals surface area contributed by atoms with Gasteiger partial charge < -0.3 is 60.0 Å². The van der Waals surface area contributed by atoms with Gasteiger partial charge >= 0.3 is 5.97 Å². The number of imidazole rings is 2. The molecule has 22 heteroatoms. The molecule has 484 valence electrons. The largest absolute Gasteiger partial charge is 0.508 e. The van der Waals surface area contributed by atoms with Crippen molar-refractivity contribution in [2.24, 2.45) is 14.1 Å². The first-order chi connectivity index (χ1) is 43.5. The van der Waals surface area contributed by atoms with Crippen LogP contribution in [-0.2, 0) is 69.1 Å². The van der Waals surface area contributed by atoms with Gasteiger partial charge in [-0.25, -0.2) is 9.97 Å². The van der Waals surface area contributed by atoms with Crippen LogP contribution in [0.2, 0.25) is 0 Å². The predicted octanol–water partition coefficient (Wildman–Crippen LogP) is 12.9. The van der Waals surface area contributed by atoms with E-state index in [-0.39, 0.29) is 70.0 Å². The molecular weight excluding hydrogens is 1240 g/mol. The average molecular weight is 1320 g/mol. The van der Waals surface area contributed by atoms with E-state index in [1.54, 1.807) is 21.9 Å². The number of nitrogen functional groups attached to an aromatic ring is 1. The predicted molar refractivity (Wildman–Crippen MR) is 363 cm³/mol. The molecule has 91 heavy (non-hydrogen) atoms. The standard InChI is InChI=1S/C35H40Cl2N4O4.C18H20N2O3.C16H21Cl2N3O2/c1-22(2)28-18-29(33(44)19-32(28)43)35(45)41-20-24-8-7-23(15-25(24)21-41)16-27(42)5-4-6-34-38-30-17-26(9-10-31(30)39(34)3)40(13-11-36)14-12-37;1-10(2)14-6-15(17(22)7-16(14)21)18(23)20-8-11-3-4-13(19)5-12(11)9-20;1-20-14-6-5-12(21(9-7-17)10-8-18)11-13(14)19-15(20)3-2-4-16(22)23/h7-10,15,17-19,22,43-44H,4-6,11-14,16,20-21H2,1-3H3;3-7,10,21-22H,8-9,19H2,1-2H3;5-6,11H,2-4,7-10H2,1H3,(H,22,23). The maximum Gasteiger partial charge on any atom is 0.303 e. The van der Waals surface area contributed by atoms with Gasteiger partial charge in [0.25, 0.3) is 11.8 Å². The van der Waals surface area contributed by atoms with Crippen LogP contribution in [0.3, 0.4) is 0 Å². The fraction of sp³-hybridized carbons (Fsp3) is 0.391. The number of benzene rings is 6. The lowest BCUT2D eigenvalue weighted by molar-refractivity contribution is -0.137. The zero-order valence-corrected chi connectivity index (χ0v) is 55.4. The Kier molecular flexibility index (Phi) is 23.8. The van der Waals surface area contributed by atoms with Gasteiger partial charge in [0.2, 0.25) is 0 Å². The molecule has 2 aliphatic heterocycles. The van der Waals surface area contributed by atoms with Crippen LogP contribution in [-0.4, -0.2) is 128 Å². The second-order valence-corrected chi connectivity index (χ2v) is 25.2. The van der Waals surface area contributed by atoms with Gasteiger partial charge in [0, 0.05) is 151 Å². The first kappa shape index (κ1) is 69.0. The number of aromatic hydroxyl groups is 4. The number of alkyl halides is 4. The van der Waals surface area contributed by atoms with Gasteiger partial charge in [-0.2, -0.15) is 0 Å². The van der Waals surface area contributed by atoms with Gasteiger partial charge in [-0.05, 0) is 124 Å². The number of ketones is 1. The highest BCUT2D eigenvalue weighted by atomic mass is 35.5. The van der Waals surface area contributed by atoms with E-state index in [0.29, 0.717) is 118 Å². The topological polar surface area (TPSA) is 244 Å². The van der Waals surface area contributed by atoms with E-state index >= 15 is 0 Å². The number of rotatable bonds is 24. The van der Waals surface area contributed by atoms with Crippen molar-refractivity contribution >= 4 is 109 Å². The molecule has 6 aromatic carbocycles. The normalized spacial score (nSPS) is 12.5. The van der Waals surface area contributed by atoms with Gasteiger partial charge in [0.15, 0.2) is 0 Å². The van der Waals surface area contributed by atoms with E-state index in [9.17, 15) is 39.6 Å². The second-order valence-electron chi connectivity index (χ2n) is 23.7. The maximum absolute atomic E-state index is 13.3. The van der Waals surface area contributed by atoms with Crippen molar-refractivity contribution < 1.29 is 44.7 Å². The van der Waals surface area contributed by atoms with E-state index < -0.39 is 5.97 Å². The molecule has 2 aliphatic rings. The van der Waals surface area contributed by atoms with Gasteiger partial charge in [0.05, 0.1) is 33.2 Å². The van der Waals surface area contributed by atoms with Crippen LogP contribution >= 0.6 is 46.4 Å². The molecule has 0 saturated heterocycles. The highest BCUT2D eigenvalue weighted by Gasteiger charge is 2.30. The zero-order valence-electron chi connectivity index (χ0n) is 52.4. The summed E-state index contributed by atoms with van der Waals surface area (Å²) in [6.07, 6.45) is 3.59. The highest BCUT2D eigenvalue weighted by molar-refractivity contribution is 6.19. The Morgan fingerprint density at radius 3 is 1.37 bits per heavy atom. The van der Waals surface area contributed by atoms with E-state index in [4.69, 9.17) is 62.2 Å². The summed E-state index contributed by atoms with van der Waals surface area (Å²) in [7, 11) is 3.96. The summed E-state index contributed by atoms with van der Waals surface area (Å²) in [4.78, 5) is 66.8. The molecule has 0 spiro atoms. The number of nitrogens with two attached hydrogens (primary N) is 1. The lowest BCUT2D eigenvalue weighted by Gasteiger charge is -2.22. The van der Waals surface area contributed by atoms with Gasteiger partial charge in [-0.1, -0.05) is 52.0 Å². The molecule has 18 nitrogen and oxygen atoms in total.